The quantitative estimate of drug-likeness (QED) is 0.886. The van der Waals surface area contributed by atoms with Crippen LogP contribution in [0.4, 0.5) is 13.2 Å². The molecular formula is C12H13BrF3NO2. The van der Waals surface area contributed by atoms with Crippen LogP contribution in [0.15, 0.2) is 22.7 Å². The molecule has 1 amide bonds. The molecule has 7 heteroatoms. The summed E-state index contributed by atoms with van der Waals surface area (Å²) in [5.41, 5.74) is 1.09. The van der Waals surface area contributed by atoms with Crippen LogP contribution < -0.4 is 5.32 Å². The van der Waals surface area contributed by atoms with Crippen LogP contribution in [-0.4, -0.2) is 29.8 Å². The first-order valence-corrected chi connectivity index (χ1v) is 6.31. The number of hydrogen-bond donors (Lipinski definition) is 2. The minimum absolute atomic E-state index is 0.245. The van der Waals surface area contributed by atoms with E-state index in [1.54, 1.807) is 25.1 Å². The van der Waals surface area contributed by atoms with Crippen molar-refractivity contribution in [2.75, 3.05) is 6.54 Å². The van der Waals surface area contributed by atoms with E-state index in [-0.39, 0.29) is 6.54 Å². The molecule has 0 radical (unpaired) electrons. The SMILES string of the molecule is Cc1c(Br)cccc1C(=O)NCC[C@@H](O)C(F)(F)F. The number of aliphatic hydroxyl groups is 1. The molecule has 0 aliphatic rings. The zero-order valence-corrected chi connectivity index (χ0v) is 11.7. The van der Waals surface area contributed by atoms with Crippen molar-refractivity contribution in [3.8, 4) is 0 Å². The molecule has 0 spiro atoms. The average Bonchev–Trinajstić information content (AvgIpc) is 2.31. The van der Waals surface area contributed by atoms with E-state index in [1.807, 2.05) is 0 Å². The van der Waals surface area contributed by atoms with Gasteiger partial charge >= 0.3 is 6.18 Å². The minimum atomic E-state index is -4.66. The lowest BCUT2D eigenvalue weighted by Gasteiger charge is -2.15. The first-order valence-electron chi connectivity index (χ1n) is 5.51. The summed E-state index contributed by atoms with van der Waals surface area (Å²) in [7, 11) is 0. The predicted molar refractivity (Wildman–Crippen MR) is 67.9 cm³/mol. The molecule has 0 fully saturated rings. The summed E-state index contributed by atoms with van der Waals surface area (Å²) in [5, 5.41) is 11.1. The number of alkyl halides is 3. The Morgan fingerprint density at radius 3 is 2.68 bits per heavy atom. The molecule has 1 atom stereocenters. The monoisotopic (exact) mass is 339 g/mol. The van der Waals surface area contributed by atoms with E-state index in [4.69, 9.17) is 5.11 Å². The summed E-state index contributed by atoms with van der Waals surface area (Å²) in [5.74, 6) is -0.465. The van der Waals surface area contributed by atoms with E-state index in [0.29, 0.717) is 11.1 Å². The van der Waals surface area contributed by atoms with Crippen LogP contribution in [0.1, 0.15) is 22.3 Å². The highest BCUT2D eigenvalue weighted by molar-refractivity contribution is 9.10. The third kappa shape index (κ3) is 4.50. The van der Waals surface area contributed by atoms with Gasteiger partial charge in [-0.15, -0.1) is 0 Å². The number of carbonyl (C=O) groups excluding carboxylic acids is 1. The second-order valence-electron chi connectivity index (χ2n) is 4.01. The fraction of sp³-hybridized carbons (Fsp3) is 0.417. The van der Waals surface area contributed by atoms with Crippen molar-refractivity contribution in [1.82, 2.24) is 5.32 Å². The van der Waals surface area contributed by atoms with E-state index in [0.717, 1.165) is 4.47 Å². The lowest BCUT2D eigenvalue weighted by molar-refractivity contribution is -0.204. The molecule has 0 saturated carbocycles. The molecule has 0 bridgehead atoms. The molecule has 0 aromatic heterocycles. The molecule has 0 aliphatic carbocycles. The summed E-state index contributed by atoms with van der Waals surface area (Å²) >= 11 is 3.26. The first kappa shape index (κ1) is 16.0. The first-order chi connectivity index (χ1) is 8.73. The number of halogens is 4. The highest BCUT2D eigenvalue weighted by Gasteiger charge is 2.37. The van der Waals surface area contributed by atoms with E-state index < -0.39 is 24.6 Å². The van der Waals surface area contributed by atoms with Gasteiger partial charge in [0.25, 0.3) is 5.91 Å². The second kappa shape index (κ2) is 6.38. The zero-order chi connectivity index (χ0) is 14.6. The van der Waals surface area contributed by atoms with Crippen molar-refractivity contribution >= 4 is 21.8 Å². The van der Waals surface area contributed by atoms with Crippen molar-refractivity contribution < 1.29 is 23.1 Å². The summed E-state index contributed by atoms with van der Waals surface area (Å²) < 4.78 is 36.9. The summed E-state index contributed by atoms with van der Waals surface area (Å²) in [4.78, 5) is 11.8. The van der Waals surface area contributed by atoms with Gasteiger partial charge in [-0.3, -0.25) is 4.79 Å². The Hall–Kier alpha value is -1.08. The van der Waals surface area contributed by atoms with Gasteiger partial charge in [-0.05, 0) is 31.0 Å². The maximum absolute atomic E-state index is 12.0. The van der Waals surface area contributed by atoms with Crippen LogP contribution in [0, 0.1) is 6.92 Å². The molecule has 0 saturated heterocycles. The molecule has 3 nitrogen and oxygen atoms in total. The van der Waals surface area contributed by atoms with Gasteiger partial charge in [0, 0.05) is 16.6 Å². The van der Waals surface area contributed by atoms with Gasteiger partial charge in [0.2, 0.25) is 0 Å². The van der Waals surface area contributed by atoms with Gasteiger partial charge in [0.05, 0.1) is 0 Å². The third-order valence-electron chi connectivity index (χ3n) is 2.59. The molecule has 106 valence electrons. The van der Waals surface area contributed by atoms with Crippen molar-refractivity contribution in [2.45, 2.75) is 25.6 Å². The summed E-state index contributed by atoms with van der Waals surface area (Å²) in [6.07, 6.45) is -7.64. The normalized spacial score (nSPS) is 13.2. The van der Waals surface area contributed by atoms with Gasteiger partial charge in [0.15, 0.2) is 6.10 Å². The highest BCUT2D eigenvalue weighted by Crippen LogP contribution is 2.22. The van der Waals surface area contributed by atoms with E-state index in [9.17, 15) is 18.0 Å². The average molecular weight is 340 g/mol. The van der Waals surface area contributed by atoms with Crippen LogP contribution in [0.25, 0.3) is 0 Å². The number of aliphatic hydroxyl groups excluding tert-OH is 1. The molecule has 1 aromatic carbocycles. The molecule has 0 aliphatic heterocycles. The van der Waals surface area contributed by atoms with Gasteiger partial charge < -0.3 is 10.4 Å². The predicted octanol–water partition coefficient (Wildman–Crippen LogP) is 2.80. The van der Waals surface area contributed by atoms with Crippen LogP contribution in [-0.2, 0) is 0 Å². The Bertz CT molecular complexity index is 463. The Kier molecular flexibility index (Phi) is 5.37. The lowest BCUT2D eigenvalue weighted by atomic mass is 10.1. The fourth-order valence-electron chi connectivity index (χ4n) is 1.43. The molecule has 19 heavy (non-hydrogen) atoms. The Balaban J connectivity index is 2.55. The van der Waals surface area contributed by atoms with Crippen molar-refractivity contribution in [2.24, 2.45) is 0 Å². The van der Waals surface area contributed by atoms with Crippen LogP contribution in [0.5, 0.6) is 0 Å². The van der Waals surface area contributed by atoms with E-state index >= 15 is 0 Å². The van der Waals surface area contributed by atoms with E-state index in [1.165, 1.54) is 0 Å². The number of carbonyl (C=O) groups is 1. The molecule has 2 N–H and O–H groups in total. The number of nitrogens with one attached hydrogen (secondary N) is 1. The molecular weight excluding hydrogens is 327 g/mol. The number of amides is 1. The summed E-state index contributed by atoms with van der Waals surface area (Å²) in [6, 6.07) is 5.01. The Labute approximate surface area is 116 Å². The number of benzene rings is 1. The van der Waals surface area contributed by atoms with Crippen LogP contribution in [0.3, 0.4) is 0 Å². The van der Waals surface area contributed by atoms with Gasteiger partial charge in [0.1, 0.15) is 0 Å². The second-order valence-corrected chi connectivity index (χ2v) is 4.87. The van der Waals surface area contributed by atoms with Crippen LogP contribution in [0.2, 0.25) is 0 Å². The topological polar surface area (TPSA) is 49.3 Å². The van der Waals surface area contributed by atoms with Gasteiger partial charge in [-0.25, -0.2) is 0 Å². The minimum Gasteiger partial charge on any atom is -0.384 e. The Morgan fingerprint density at radius 1 is 1.47 bits per heavy atom. The smallest absolute Gasteiger partial charge is 0.384 e. The van der Waals surface area contributed by atoms with Crippen molar-refractivity contribution in [3.05, 3.63) is 33.8 Å². The maximum atomic E-state index is 12.0. The van der Waals surface area contributed by atoms with Crippen molar-refractivity contribution in [1.29, 1.82) is 0 Å². The van der Waals surface area contributed by atoms with Gasteiger partial charge in [-0.1, -0.05) is 22.0 Å². The van der Waals surface area contributed by atoms with Crippen LogP contribution >= 0.6 is 15.9 Å². The largest absolute Gasteiger partial charge is 0.414 e. The number of hydrogen-bond acceptors (Lipinski definition) is 2. The molecule has 1 aromatic rings. The lowest BCUT2D eigenvalue weighted by Crippen LogP contribution is -2.34. The highest BCUT2D eigenvalue weighted by atomic mass is 79.9. The Morgan fingerprint density at radius 2 is 2.11 bits per heavy atom. The molecule has 0 unspecified atom stereocenters. The maximum Gasteiger partial charge on any atom is 0.414 e. The standard InChI is InChI=1S/C12H13BrF3NO2/c1-7-8(3-2-4-9(7)13)11(19)17-6-5-10(18)12(14,15)16/h2-4,10,18H,5-6H2,1H3,(H,17,19)/t10-/m1/s1. The third-order valence-corrected chi connectivity index (χ3v) is 3.45. The summed E-state index contributed by atoms with van der Waals surface area (Å²) in [6.45, 7) is 1.48. The molecule has 0 heterocycles. The number of rotatable bonds is 4. The van der Waals surface area contributed by atoms with Gasteiger partial charge in [-0.2, -0.15) is 13.2 Å². The molecule has 1 rings (SSSR count). The van der Waals surface area contributed by atoms with E-state index in [2.05, 4.69) is 21.2 Å². The van der Waals surface area contributed by atoms with Crippen molar-refractivity contribution in [3.63, 3.8) is 0 Å². The fourth-order valence-corrected chi connectivity index (χ4v) is 1.80. The zero-order valence-electron chi connectivity index (χ0n) is 10.1.